The van der Waals surface area contributed by atoms with Gasteiger partial charge in [0.25, 0.3) is 11.8 Å². The zero-order valence-corrected chi connectivity index (χ0v) is 20.1. The van der Waals surface area contributed by atoms with Gasteiger partial charge in [0.2, 0.25) is 0 Å². The maximum atomic E-state index is 13.2. The van der Waals surface area contributed by atoms with Gasteiger partial charge in [-0.05, 0) is 80.5 Å². The Morgan fingerprint density at radius 2 is 1.87 bits per heavy atom. The van der Waals surface area contributed by atoms with Gasteiger partial charge < -0.3 is 4.90 Å². The number of thiocarbonyl (C=S) groups is 1. The average Bonchev–Trinajstić information content (AvgIpc) is 2.69. The highest BCUT2D eigenvalue weighted by Gasteiger charge is 2.35. The molecule has 2 aromatic carbocycles. The largest absolute Gasteiger partial charge is 0.366 e. The van der Waals surface area contributed by atoms with Crippen LogP contribution in [0.25, 0.3) is 11.6 Å². The van der Waals surface area contributed by atoms with Crippen molar-refractivity contribution in [2.75, 3.05) is 16.8 Å². The Kier molecular flexibility index (Phi) is 5.35. The number of allylic oxidation sites excluding steroid dienone is 1. The standard InChI is InChI=1S/C24H22BrN3O2S/c1-14-13-24(2,3)27(4)20-9-8-15(10-18(14)20)11-19-21(29)26-23(31)28(22(19)30)17-7-5-6-16(25)12-17/h5-13H,1-4H3,(H,26,29,31)/b19-11-. The highest BCUT2D eigenvalue weighted by molar-refractivity contribution is 9.10. The normalized spacial score (nSPS) is 19.3. The van der Waals surface area contributed by atoms with Gasteiger partial charge in [0.1, 0.15) is 5.57 Å². The fraction of sp³-hybridized carbons (Fsp3) is 0.208. The fourth-order valence-corrected chi connectivity index (χ4v) is 4.61. The molecule has 2 amide bonds. The summed E-state index contributed by atoms with van der Waals surface area (Å²) in [5.74, 6) is -0.945. The van der Waals surface area contributed by atoms with Crippen molar-refractivity contribution in [3.63, 3.8) is 0 Å². The third-order valence-corrected chi connectivity index (χ3v) is 6.50. The van der Waals surface area contributed by atoms with Crippen LogP contribution in [0.5, 0.6) is 0 Å². The summed E-state index contributed by atoms with van der Waals surface area (Å²) in [5, 5.41) is 2.70. The molecule has 0 unspecified atom stereocenters. The van der Waals surface area contributed by atoms with Gasteiger partial charge in [-0.25, -0.2) is 0 Å². The maximum absolute atomic E-state index is 13.2. The van der Waals surface area contributed by atoms with Crippen LogP contribution in [0.4, 0.5) is 11.4 Å². The molecule has 0 bridgehead atoms. The lowest BCUT2D eigenvalue weighted by molar-refractivity contribution is -0.122. The molecule has 0 atom stereocenters. The minimum atomic E-state index is -0.496. The van der Waals surface area contributed by atoms with Crippen LogP contribution in [0.3, 0.4) is 0 Å². The van der Waals surface area contributed by atoms with E-state index in [0.717, 1.165) is 26.9 Å². The van der Waals surface area contributed by atoms with E-state index >= 15 is 0 Å². The first-order chi connectivity index (χ1) is 14.6. The number of amides is 2. The van der Waals surface area contributed by atoms with E-state index in [1.54, 1.807) is 18.2 Å². The zero-order chi connectivity index (χ0) is 22.5. The first-order valence-electron chi connectivity index (χ1n) is 9.83. The quantitative estimate of drug-likeness (QED) is 0.365. The van der Waals surface area contributed by atoms with Gasteiger partial charge in [0, 0.05) is 22.8 Å². The molecular formula is C24H22BrN3O2S. The smallest absolute Gasteiger partial charge is 0.270 e. The molecule has 4 rings (SSSR count). The minimum absolute atomic E-state index is 0.0413. The molecule has 158 valence electrons. The van der Waals surface area contributed by atoms with Crippen LogP contribution < -0.4 is 15.1 Å². The summed E-state index contributed by atoms with van der Waals surface area (Å²) in [6.07, 6.45) is 3.84. The lowest BCUT2D eigenvalue weighted by atomic mass is 9.88. The van der Waals surface area contributed by atoms with E-state index in [0.29, 0.717) is 5.69 Å². The summed E-state index contributed by atoms with van der Waals surface area (Å²) in [4.78, 5) is 29.4. The molecule has 2 aliphatic rings. The fourth-order valence-electron chi connectivity index (χ4n) is 3.94. The lowest BCUT2D eigenvalue weighted by Gasteiger charge is -2.40. The molecule has 1 fully saturated rings. The Hall–Kier alpha value is -2.77. The van der Waals surface area contributed by atoms with Gasteiger partial charge in [0.15, 0.2) is 5.11 Å². The van der Waals surface area contributed by atoms with Crippen LogP contribution >= 0.6 is 28.1 Å². The Labute approximate surface area is 195 Å². The molecule has 1 saturated heterocycles. The van der Waals surface area contributed by atoms with Crippen molar-refractivity contribution in [3.8, 4) is 0 Å². The average molecular weight is 496 g/mol. The third kappa shape index (κ3) is 3.83. The summed E-state index contributed by atoms with van der Waals surface area (Å²) in [5.41, 5.74) is 4.68. The van der Waals surface area contributed by atoms with E-state index in [-0.39, 0.29) is 16.2 Å². The third-order valence-electron chi connectivity index (χ3n) is 5.72. The Morgan fingerprint density at radius 3 is 2.58 bits per heavy atom. The van der Waals surface area contributed by atoms with E-state index < -0.39 is 11.8 Å². The van der Waals surface area contributed by atoms with Crippen LogP contribution in [0.15, 0.2) is 58.6 Å². The predicted octanol–water partition coefficient (Wildman–Crippen LogP) is 4.91. The maximum Gasteiger partial charge on any atom is 0.270 e. The molecule has 0 spiro atoms. The van der Waals surface area contributed by atoms with Crippen molar-refractivity contribution in [1.29, 1.82) is 0 Å². The number of hydrogen-bond donors (Lipinski definition) is 1. The molecule has 0 saturated carbocycles. The number of rotatable bonds is 2. The molecule has 0 aromatic heterocycles. The number of likely N-dealkylation sites (N-methyl/N-ethyl adjacent to an activating group) is 1. The second-order valence-corrected chi connectivity index (χ2v) is 9.56. The summed E-state index contributed by atoms with van der Waals surface area (Å²) in [7, 11) is 2.06. The molecule has 2 heterocycles. The molecule has 5 nitrogen and oxygen atoms in total. The first-order valence-corrected chi connectivity index (χ1v) is 11.0. The molecular weight excluding hydrogens is 474 g/mol. The van der Waals surface area contributed by atoms with Crippen molar-refractivity contribution in [3.05, 3.63) is 69.7 Å². The topological polar surface area (TPSA) is 52.7 Å². The molecule has 0 aliphatic carbocycles. The number of nitrogens with zero attached hydrogens (tertiary/aromatic N) is 2. The van der Waals surface area contributed by atoms with Gasteiger partial charge >= 0.3 is 0 Å². The Balaban J connectivity index is 1.75. The first kappa shape index (κ1) is 21.5. The number of hydrogen-bond acceptors (Lipinski definition) is 4. The number of carbonyl (C=O) groups excluding carboxylic acids is 2. The number of benzene rings is 2. The number of halogens is 1. The van der Waals surface area contributed by atoms with Crippen molar-refractivity contribution < 1.29 is 9.59 Å². The van der Waals surface area contributed by atoms with E-state index in [2.05, 4.69) is 60.0 Å². The van der Waals surface area contributed by atoms with Crippen LogP contribution in [0.1, 0.15) is 31.9 Å². The SMILES string of the molecule is CC1=CC(C)(C)N(C)c2ccc(/C=C3/C(=O)NC(=S)N(c4cccc(Br)c4)C3=O)cc21. The van der Waals surface area contributed by atoms with Crippen molar-refractivity contribution >= 4 is 68.1 Å². The van der Waals surface area contributed by atoms with E-state index in [9.17, 15) is 9.59 Å². The Bertz CT molecular complexity index is 1200. The van der Waals surface area contributed by atoms with Gasteiger partial charge in [-0.3, -0.25) is 19.8 Å². The highest BCUT2D eigenvalue weighted by atomic mass is 79.9. The molecule has 31 heavy (non-hydrogen) atoms. The zero-order valence-electron chi connectivity index (χ0n) is 17.7. The molecule has 7 heteroatoms. The summed E-state index contributed by atoms with van der Waals surface area (Å²) < 4.78 is 0.812. The van der Waals surface area contributed by atoms with Gasteiger partial charge in [-0.15, -0.1) is 0 Å². The van der Waals surface area contributed by atoms with Crippen LogP contribution in [0.2, 0.25) is 0 Å². The van der Waals surface area contributed by atoms with Crippen molar-refractivity contribution in [2.45, 2.75) is 26.3 Å². The molecule has 1 N–H and O–H groups in total. The second kappa shape index (κ2) is 7.73. The highest BCUT2D eigenvalue weighted by Crippen LogP contribution is 2.38. The van der Waals surface area contributed by atoms with Gasteiger partial charge in [-0.2, -0.15) is 0 Å². The molecule has 2 aromatic rings. The van der Waals surface area contributed by atoms with Crippen LogP contribution in [-0.4, -0.2) is 29.5 Å². The minimum Gasteiger partial charge on any atom is -0.366 e. The Morgan fingerprint density at radius 1 is 1.13 bits per heavy atom. The van der Waals surface area contributed by atoms with E-state index in [4.69, 9.17) is 12.2 Å². The van der Waals surface area contributed by atoms with Gasteiger partial charge in [-0.1, -0.05) is 34.1 Å². The summed E-state index contributed by atoms with van der Waals surface area (Å²) >= 11 is 8.68. The summed E-state index contributed by atoms with van der Waals surface area (Å²) in [6, 6.07) is 13.2. The lowest BCUT2D eigenvalue weighted by Crippen LogP contribution is -2.54. The number of anilines is 2. The van der Waals surface area contributed by atoms with Gasteiger partial charge in [0.05, 0.1) is 11.2 Å². The number of nitrogens with one attached hydrogen (secondary N) is 1. The van der Waals surface area contributed by atoms with Crippen molar-refractivity contribution in [2.24, 2.45) is 0 Å². The second-order valence-electron chi connectivity index (χ2n) is 8.25. The number of carbonyl (C=O) groups is 2. The van der Waals surface area contributed by atoms with Crippen LogP contribution in [-0.2, 0) is 9.59 Å². The van der Waals surface area contributed by atoms with Crippen molar-refractivity contribution in [1.82, 2.24) is 5.32 Å². The van der Waals surface area contributed by atoms with Crippen LogP contribution in [0, 0.1) is 0 Å². The number of fused-ring (bicyclic) bond motifs is 1. The van der Waals surface area contributed by atoms with E-state index in [1.165, 1.54) is 4.90 Å². The summed E-state index contributed by atoms with van der Waals surface area (Å²) in [6.45, 7) is 6.41. The monoisotopic (exact) mass is 495 g/mol. The molecule has 0 radical (unpaired) electrons. The predicted molar refractivity (Wildman–Crippen MR) is 133 cm³/mol. The van der Waals surface area contributed by atoms with E-state index in [1.807, 2.05) is 30.3 Å². The molecule has 2 aliphatic heterocycles.